The largest absolute Gasteiger partial charge is 0.324 e. The van der Waals surface area contributed by atoms with Crippen molar-refractivity contribution in [2.45, 2.75) is 18.8 Å². The van der Waals surface area contributed by atoms with E-state index in [0.29, 0.717) is 18.2 Å². The first-order valence-electron chi connectivity index (χ1n) is 9.52. The number of alkyl halides is 1. The summed E-state index contributed by atoms with van der Waals surface area (Å²) in [5.74, 6) is 0.618. The van der Waals surface area contributed by atoms with Gasteiger partial charge in [-0.1, -0.05) is 6.07 Å². The lowest BCUT2D eigenvalue weighted by molar-refractivity contribution is 0.197. The topological polar surface area (TPSA) is 82.0 Å². The van der Waals surface area contributed by atoms with Gasteiger partial charge in [-0.25, -0.2) is 14.2 Å². The van der Waals surface area contributed by atoms with Crippen LogP contribution in [-0.2, 0) is 0 Å². The normalized spacial score (nSPS) is 15.8. The van der Waals surface area contributed by atoms with Crippen molar-refractivity contribution >= 4 is 36.1 Å². The zero-order valence-electron chi connectivity index (χ0n) is 16.3. The van der Waals surface area contributed by atoms with Crippen molar-refractivity contribution in [2.24, 2.45) is 9.98 Å². The van der Waals surface area contributed by atoms with E-state index in [0.717, 1.165) is 36.8 Å². The molecule has 1 fully saturated rings. The van der Waals surface area contributed by atoms with E-state index in [2.05, 4.69) is 56.1 Å². The van der Waals surface area contributed by atoms with Crippen molar-refractivity contribution in [3.63, 3.8) is 0 Å². The Morgan fingerprint density at radius 1 is 1.31 bits per heavy atom. The minimum absolute atomic E-state index is 0.205. The van der Waals surface area contributed by atoms with E-state index in [1.165, 1.54) is 11.8 Å². The average molecular weight is 396 g/mol. The van der Waals surface area contributed by atoms with Gasteiger partial charge in [-0.05, 0) is 69.0 Å². The van der Waals surface area contributed by atoms with Gasteiger partial charge >= 0.3 is 6.03 Å². The van der Waals surface area contributed by atoms with Gasteiger partial charge in [0.25, 0.3) is 0 Å². The van der Waals surface area contributed by atoms with Crippen molar-refractivity contribution in [3.05, 3.63) is 48.0 Å². The van der Waals surface area contributed by atoms with E-state index < -0.39 is 6.03 Å². The third-order valence-corrected chi connectivity index (χ3v) is 5.10. The molecule has 1 saturated heterocycles. The van der Waals surface area contributed by atoms with Crippen LogP contribution in [0.2, 0.25) is 0 Å². The number of rotatable bonds is 7. The van der Waals surface area contributed by atoms with Gasteiger partial charge < -0.3 is 10.2 Å². The van der Waals surface area contributed by atoms with Gasteiger partial charge in [0, 0.05) is 18.1 Å². The van der Waals surface area contributed by atoms with Gasteiger partial charge in [-0.3, -0.25) is 15.3 Å². The van der Waals surface area contributed by atoms with E-state index >= 15 is 0 Å². The number of hydrogen-bond donors (Lipinski definition) is 2. The maximum Gasteiger partial charge on any atom is 0.324 e. The van der Waals surface area contributed by atoms with Crippen molar-refractivity contribution in [1.82, 2.24) is 15.2 Å². The number of hydrogen-bond acceptors (Lipinski definition) is 5. The number of halogens is 1. The molecule has 0 spiro atoms. The maximum absolute atomic E-state index is 12.6. The Labute approximate surface area is 169 Å². The molecule has 2 amide bonds. The number of anilines is 1. The van der Waals surface area contributed by atoms with Crippen LogP contribution in [-0.4, -0.2) is 55.7 Å². The van der Waals surface area contributed by atoms with E-state index in [-0.39, 0.29) is 12.5 Å². The Bertz CT molecular complexity index is 921. The highest BCUT2D eigenvalue weighted by Gasteiger charge is 2.21. The van der Waals surface area contributed by atoms with Crippen LogP contribution in [0, 0.1) is 0 Å². The number of carbonyl (C=O) groups is 1. The standard InChI is InChI=1S/C21H25FN6O/c1-23-14-20(24-2)27-21(29)26-19-5-9-25-18-4-3-16(13-17(18)19)15-6-10-28(11-7-15)12-8-22/h3-5,9,13-15H,1-2,6-8,10-12H2,(H2,25,26,27,29)/b20-14+. The average Bonchev–Trinajstić information content (AvgIpc) is 2.74. The fourth-order valence-electron chi connectivity index (χ4n) is 3.61. The number of amides is 2. The van der Waals surface area contributed by atoms with Gasteiger partial charge in [0.2, 0.25) is 0 Å². The second kappa shape index (κ2) is 9.88. The van der Waals surface area contributed by atoms with Crippen LogP contribution < -0.4 is 10.6 Å². The minimum atomic E-state index is -0.454. The third kappa shape index (κ3) is 5.23. The summed E-state index contributed by atoms with van der Waals surface area (Å²) in [5.41, 5.74) is 2.66. The Kier molecular flexibility index (Phi) is 7.02. The lowest BCUT2D eigenvalue weighted by Gasteiger charge is -2.31. The Morgan fingerprint density at radius 3 is 2.79 bits per heavy atom. The molecule has 0 unspecified atom stereocenters. The molecule has 1 aliphatic rings. The molecule has 0 bridgehead atoms. The molecule has 2 aromatic rings. The Morgan fingerprint density at radius 2 is 2.10 bits per heavy atom. The first-order chi connectivity index (χ1) is 14.1. The van der Waals surface area contributed by atoms with E-state index in [1.54, 1.807) is 12.3 Å². The number of benzene rings is 1. The molecule has 7 nitrogen and oxygen atoms in total. The number of aromatic nitrogens is 1. The fraction of sp³-hybridized carbons (Fsp3) is 0.333. The summed E-state index contributed by atoms with van der Waals surface area (Å²) in [7, 11) is 0. The zero-order chi connectivity index (χ0) is 20.6. The summed E-state index contributed by atoms with van der Waals surface area (Å²) in [6.45, 7) is 8.72. The molecule has 2 N–H and O–H groups in total. The van der Waals surface area contributed by atoms with Gasteiger partial charge in [-0.2, -0.15) is 0 Å². The summed E-state index contributed by atoms with van der Waals surface area (Å²) < 4.78 is 12.6. The SMILES string of the molecule is C=N/C=C(\N=C)NC(=O)Nc1ccnc2ccc(C3CCN(CCF)CC3)cc12. The predicted molar refractivity (Wildman–Crippen MR) is 115 cm³/mol. The van der Waals surface area contributed by atoms with Crippen molar-refractivity contribution < 1.29 is 9.18 Å². The summed E-state index contributed by atoms with van der Waals surface area (Å²) in [4.78, 5) is 26.1. The van der Waals surface area contributed by atoms with Crippen LogP contribution in [0.25, 0.3) is 10.9 Å². The molecule has 1 aromatic heterocycles. The lowest BCUT2D eigenvalue weighted by Crippen LogP contribution is -2.34. The number of nitrogens with zero attached hydrogens (tertiary/aromatic N) is 4. The highest BCUT2D eigenvalue weighted by molar-refractivity contribution is 6.00. The molecular weight excluding hydrogens is 371 g/mol. The van der Waals surface area contributed by atoms with E-state index in [4.69, 9.17) is 0 Å². The minimum Gasteiger partial charge on any atom is -0.307 e. The molecule has 0 saturated carbocycles. The van der Waals surface area contributed by atoms with Crippen molar-refractivity contribution in [1.29, 1.82) is 0 Å². The first kappa shape index (κ1) is 20.6. The van der Waals surface area contributed by atoms with Gasteiger partial charge in [0.05, 0.1) is 17.4 Å². The number of likely N-dealkylation sites (tertiary alicyclic amines) is 1. The van der Waals surface area contributed by atoms with E-state index in [9.17, 15) is 9.18 Å². The summed E-state index contributed by atoms with van der Waals surface area (Å²) in [5, 5.41) is 6.26. The quantitative estimate of drug-likeness (QED) is 0.700. The molecule has 29 heavy (non-hydrogen) atoms. The molecule has 152 valence electrons. The molecule has 3 rings (SSSR count). The van der Waals surface area contributed by atoms with E-state index in [1.807, 2.05) is 6.07 Å². The monoisotopic (exact) mass is 396 g/mol. The van der Waals surface area contributed by atoms with Crippen molar-refractivity contribution in [3.8, 4) is 0 Å². The summed E-state index contributed by atoms with van der Waals surface area (Å²) >= 11 is 0. The predicted octanol–water partition coefficient (Wildman–Crippen LogP) is 3.71. The molecule has 1 aliphatic heterocycles. The summed E-state index contributed by atoms with van der Waals surface area (Å²) in [6.07, 6.45) is 4.94. The smallest absolute Gasteiger partial charge is 0.307 e. The number of urea groups is 1. The van der Waals surface area contributed by atoms with Crippen LogP contribution >= 0.6 is 0 Å². The molecule has 0 aliphatic carbocycles. The maximum atomic E-state index is 12.6. The number of nitrogens with one attached hydrogen (secondary N) is 2. The van der Waals surface area contributed by atoms with Crippen LogP contribution in [0.15, 0.2) is 52.5 Å². The van der Waals surface area contributed by atoms with Crippen LogP contribution in [0.5, 0.6) is 0 Å². The first-order valence-corrected chi connectivity index (χ1v) is 9.52. The Balaban J connectivity index is 1.78. The van der Waals surface area contributed by atoms with Gasteiger partial charge in [-0.15, -0.1) is 0 Å². The number of fused-ring (bicyclic) bond motifs is 1. The van der Waals surface area contributed by atoms with Crippen molar-refractivity contribution in [2.75, 3.05) is 31.6 Å². The molecule has 0 radical (unpaired) electrons. The van der Waals surface area contributed by atoms with Crippen LogP contribution in [0.3, 0.4) is 0 Å². The summed E-state index contributed by atoms with van der Waals surface area (Å²) in [6, 6.07) is 7.45. The lowest BCUT2D eigenvalue weighted by atomic mass is 9.88. The number of piperidine rings is 1. The van der Waals surface area contributed by atoms with Crippen LogP contribution in [0.1, 0.15) is 24.3 Å². The molecule has 0 atom stereocenters. The Hall–Kier alpha value is -3.13. The number of aliphatic imine (C=N–C) groups is 2. The van der Waals surface area contributed by atoms with Crippen LogP contribution in [0.4, 0.5) is 14.9 Å². The zero-order valence-corrected chi connectivity index (χ0v) is 16.3. The fourth-order valence-corrected chi connectivity index (χ4v) is 3.61. The second-order valence-corrected chi connectivity index (χ2v) is 6.87. The number of carbonyl (C=O) groups excluding carboxylic acids is 1. The molecule has 2 heterocycles. The second-order valence-electron chi connectivity index (χ2n) is 6.87. The van der Waals surface area contributed by atoms with Gasteiger partial charge in [0.15, 0.2) is 5.82 Å². The molecule has 1 aromatic carbocycles. The highest BCUT2D eigenvalue weighted by Crippen LogP contribution is 2.31. The third-order valence-electron chi connectivity index (χ3n) is 5.10. The van der Waals surface area contributed by atoms with Gasteiger partial charge in [0.1, 0.15) is 6.67 Å². The number of pyridine rings is 1. The molecule has 8 heteroatoms. The molecular formula is C21H25FN6O. The highest BCUT2D eigenvalue weighted by atomic mass is 19.1.